The lowest BCUT2D eigenvalue weighted by atomic mass is 10.2. The summed E-state index contributed by atoms with van der Waals surface area (Å²) in [4.78, 5) is 15.1. The van der Waals surface area contributed by atoms with E-state index in [0.29, 0.717) is 64.6 Å². The predicted molar refractivity (Wildman–Crippen MR) is 113 cm³/mol. The van der Waals surface area contributed by atoms with Crippen molar-refractivity contribution in [3.8, 4) is 6.01 Å². The molecule has 0 amide bonds. The van der Waals surface area contributed by atoms with E-state index in [-0.39, 0.29) is 6.01 Å². The first-order chi connectivity index (χ1) is 14.2. The molecule has 9 heteroatoms. The first-order valence-electron chi connectivity index (χ1n) is 9.57. The molecule has 0 saturated heterocycles. The van der Waals surface area contributed by atoms with Crippen LogP contribution in [0.4, 0.5) is 11.9 Å². The molecular weight excluding hydrogens is 372 g/mol. The van der Waals surface area contributed by atoms with Crippen molar-refractivity contribution < 1.29 is 14.2 Å². The molecule has 158 valence electrons. The highest BCUT2D eigenvalue weighted by molar-refractivity contribution is 5.38. The largest absolute Gasteiger partial charge is 0.459 e. The Morgan fingerprint density at radius 3 is 2.55 bits per heavy atom. The fourth-order valence-corrected chi connectivity index (χ4v) is 2.36. The summed E-state index contributed by atoms with van der Waals surface area (Å²) in [5, 5.41) is 3.14. The van der Waals surface area contributed by atoms with E-state index >= 15 is 0 Å². The molecule has 0 unspecified atom stereocenters. The van der Waals surface area contributed by atoms with Gasteiger partial charge < -0.3 is 30.2 Å². The van der Waals surface area contributed by atoms with E-state index in [4.69, 9.17) is 19.9 Å². The Morgan fingerprint density at radius 2 is 1.83 bits per heavy atom. The minimum absolute atomic E-state index is 0.244. The zero-order valence-corrected chi connectivity index (χ0v) is 16.9. The highest BCUT2D eigenvalue weighted by Crippen LogP contribution is 2.16. The van der Waals surface area contributed by atoms with E-state index < -0.39 is 0 Å². The molecule has 1 heterocycles. The molecule has 0 spiro atoms. The minimum atomic E-state index is 0.244. The van der Waals surface area contributed by atoms with Gasteiger partial charge in [0.15, 0.2) is 0 Å². The fourth-order valence-electron chi connectivity index (χ4n) is 2.36. The van der Waals surface area contributed by atoms with Crippen molar-refractivity contribution in [2.45, 2.75) is 6.54 Å². The average Bonchev–Trinajstić information content (AvgIpc) is 2.74. The summed E-state index contributed by atoms with van der Waals surface area (Å²) in [6.45, 7) is 7.76. The Kier molecular flexibility index (Phi) is 10.4. The molecule has 1 aromatic heterocycles. The number of anilines is 2. The molecule has 9 nitrogen and oxygen atoms in total. The van der Waals surface area contributed by atoms with Crippen molar-refractivity contribution in [1.29, 1.82) is 0 Å². The van der Waals surface area contributed by atoms with E-state index in [9.17, 15) is 0 Å². The summed E-state index contributed by atoms with van der Waals surface area (Å²) in [5.74, 6) is 0.943. The zero-order chi connectivity index (χ0) is 20.7. The number of nitrogens with two attached hydrogens (primary N) is 1. The maximum Gasteiger partial charge on any atom is 0.323 e. The molecular formula is C20H30N6O3. The van der Waals surface area contributed by atoms with Crippen molar-refractivity contribution in [3.63, 3.8) is 0 Å². The van der Waals surface area contributed by atoms with Crippen molar-refractivity contribution in [2.24, 2.45) is 5.73 Å². The van der Waals surface area contributed by atoms with Gasteiger partial charge in [0.25, 0.3) is 0 Å². The molecule has 1 aromatic carbocycles. The first kappa shape index (κ1) is 22.5. The smallest absolute Gasteiger partial charge is 0.323 e. The number of hydrogen-bond donors (Lipinski definition) is 2. The lowest BCUT2D eigenvalue weighted by Crippen LogP contribution is -2.21. The normalized spacial score (nSPS) is 10.6. The van der Waals surface area contributed by atoms with Crippen LogP contribution in [0.15, 0.2) is 43.0 Å². The summed E-state index contributed by atoms with van der Waals surface area (Å²) in [5.41, 5.74) is 6.52. The maximum absolute atomic E-state index is 5.51. The van der Waals surface area contributed by atoms with Crippen molar-refractivity contribution in [2.75, 3.05) is 63.4 Å². The first-order valence-corrected chi connectivity index (χ1v) is 9.57. The number of rotatable bonds is 15. The quantitative estimate of drug-likeness (QED) is 0.338. The van der Waals surface area contributed by atoms with Crippen LogP contribution in [0.1, 0.15) is 5.56 Å². The summed E-state index contributed by atoms with van der Waals surface area (Å²) in [6, 6.07) is 10.4. The van der Waals surface area contributed by atoms with Gasteiger partial charge in [-0.25, -0.2) is 0 Å². The van der Waals surface area contributed by atoms with Gasteiger partial charge >= 0.3 is 6.01 Å². The van der Waals surface area contributed by atoms with Gasteiger partial charge in [0.05, 0.1) is 26.4 Å². The number of benzene rings is 1. The SMILES string of the molecule is C=CCOc1nc(NCCOCCOCCN)nc(N(C)Cc2ccccc2)n1. The standard InChI is InChI=1S/C20H30N6O3/c1-3-11-29-20-24-18(22-10-13-28-15-14-27-12-9-21)23-19(25-20)26(2)16-17-7-5-4-6-8-17/h3-8H,1,9-16,21H2,2H3,(H,22,23,24,25). The molecule has 0 aliphatic heterocycles. The summed E-state index contributed by atoms with van der Waals surface area (Å²) in [7, 11) is 1.92. The van der Waals surface area contributed by atoms with E-state index in [1.807, 2.05) is 30.1 Å². The van der Waals surface area contributed by atoms with Gasteiger partial charge in [-0.15, -0.1) is 0 Å². The van der Waals surface area contributed by atoms with Crippen molar-refractivity contribution in [1.82, 2.24) is 15.0 Å². The highest BCUT2D eigenvalue weighted by atomic mass is 16.5. The Balaban J connectivity index is 1.92. The minimum Gasteiger partial charge on any atom is -0.459 e. The Morgan fingerprint density at radius 1 is 1.07 bits per heavy atom. The maximum atomic E-state index is 5.51. The third-order valence-corrected chi connectivity index (χ3v) is 3.70. The molecule has 0 fully saturated rings. The van der Waals surface area contributed by atoms with Crippen LogP contribution in [0, 0.1) is 0 Å². The van der Waals surface area contributed by atoms with Gasteiger partial charge in [-0.1, -0.05) is 43.0 Å². The molecule has 0 bridgehead atoms. The summed E-state index contributed by atoms with van der Waals surface area (Å²) in [6.07, 6.45) is 1.64. The highest BCUT2D eigenvalue weighted by Gasteiger charge is 2.12. The third-order valence-electron chi connectivity index (χ3n) is 3.70. The Hall–Kier alpha value is -2.75. The second kappa shape index (κ2) is 13.4. The van der Waals surface area contributed by atoms with Crippen LogP contribution in [-0.4, -0.2) is 68.1 Å². The van der Waals surface area contributed by atoms with E-state index in [0.717, 1.165) is 5.56 Å². The van der Waals surface area contributed by atoms with E-state index in [1.165, 1.54) is 0 Å². The summed E-state index contributed by atoms with van der Waals surface area (Å²) < 4.78 is 16.3. The molecule has 29 heavy (non-hydrogen) atoms. The molecule has 0 saturated carbocycles. The Labute approximate surface area is 171 Å². The third kappa shape index (κ3) is 8.86. The predicted octanol–water partition coefficient (Wildman–Crippen LogP) is 1.48. The van der Waals surface area contributed by atoms with Crippen LogP contribution in [0.2, 0.25) is 0 Å². The number of hydrogen-bond acceptors (Lipinski definition) is 9. The van der Waals surface area contributed by atoms with Gasteiger partial charge in [0, 0.05) is 26.7 Å². The number of aromatic nitrogens is 3. The van der Waals surface area contributed by atoms with Gasteiger partial charge in [-0.2, -0.15) is 15.0 Å². The second-order valence-electron chi connectivity index (χ2n) is 6.12. The second-order valence-corrected chi connectivity index (χ2v) is 6.12. The Bertz CT molecular complexity index is 717. The molecule has 0 atom stereocenters. The summed E-state index contributed by atoms with van der Waals surface area (Å²) >= 11 is 0. The molecule has 2 aromatic rings. The monoisotopic (exact) mass is 402 g/mol. The van der Waals surface area contributed by atoms with Gasteiger partial charge in [-0.05, 0) is 5.56 Å². The number of ether oxygens (including phenoxy) is 3. The molecule has 0 aliphatic rings. The molecule has 3 N–H and O–H groups in total. The number of nitrogens with zero attached hydrogens (tertiary/aromatic N) is 4. The van der Waals surface area contributed by atoms with Gasteiger partial charge in [-0.3, -0.25) is 0 Å². The lowest BCUT2D eigenvalue weighted by molar-refractivity contribution is 0.0547. The average molecular weight is 402 g/mol. The number of nitrogens with one attached hydrogen (secondary N) is 1. The molecule has 0 radical (unpaired) electrons. The molecule has 0 aliphatic carbocycles. The van der Waals surface area contributed by atoms with Crippen LogP contribution in [0.25, 0.3) is 0 Å². The topological polar surface area (TPSA) is 108 Å². The van der Waals surface area contributed by atoms with Crippen molar-refractivity contribution in [3.05, 3.63) is 48.6 Å². The van der Waals surface area contributed by atoms with E-state index in [2.05, 4.69) is 39.0 Å². The van der Waals surface area contributed by atoms with Gasteiger partial charge in [0.2, 0.25) is 11.9 Å². The van der Waals surface area contributed by atoms with Gasteiger partial charge in [0.1, 0.15) is 6.61 Å². The van der Waals surface area contributed by atoms with Crippen LogP contribution in [-0.2, 0) is 16.0 Å². The van der Waals surface area contributed by atoms with Crippen LogP contribution < -0.4 is 20.7 Å². The fraction of sp³-hybridized carbons (Fsp3) is 0.450. The van der Waals surface area contributed by atoms with Crippen LogP contribution in [0.3, 0.4) is 0 Å². The van der Waals surface area contributed by atoms with Crippen molar-refractivity contribution >= 4 is 11.9 Å². The van der Waals surface area contributed by atoms with Crippen LogP contribution in [0.5, 0.6) is 6.01 Å². The van der Waals surface area contributed by atoms with Crippen LogP contribution >= 0.6 is 0 Å². The molecule has 2 rings (SSSR count). The van der Waals surface area contributed by atoms with E-state index in [1.54, 1.807) is 6.08 Å². The zero-order valence-electron chi connectivity index (χ0n) is 16.9. The lowest BCUT2D eigenvalue weighted by Gasteiger charge is -2.18.